The van der Waals surface area contributed by atoms with Crippen molar-refractivity contribution in [3.8, 4) is 5.75 Å². The molecule has 0 fully saturated rings. The molecular weight excluding hydrogens is 207 g/mol. The van der Waals surface area contributed by atoms with E-state index < -0.39 is 34.3 Å². The molecular formula is C10H12F3NO. The number of phenolic OH excluding ortho intramolecular Hbond substituents is 1. The minimum Gasteiger partial charge on any atom is -0.505 e. The fraction of sp³-hybridized carbons (Fsp3) is 0.400. The van der Waals surface area contributed by atoms with Crippen molar-refractivity contribution < 1.29 is 18.3 Å². The predicted molar refractivity (Wildman–Crippen MR) is 50.0 cm³/mol. The molecule has 0 aliphatic carbocycles. The summed E-state index contributed by atoms with van der Waals surface area (Å²) in [6.45, 7) is 3.10. The largest absolute Gasteiger partial charge is 0.505 e. The SMILES string of the molecule is CC(C)(N)Cc1c(F)c(O)cc(F)c1F. The van der Waals surface area contributed by atoms with E-state index in [-0.39, 0.29) is 6.42 Å². The number of hydrogen-bond donors (Lipinski definition) is 2. The van der Waals surface area contributed by atoms with E-state index in [0.29, 0.717) is 6.07 Å². The molecule has 5 heteroatoms. The van der Waals surface area contributed by atoms with Crippen LogP contribution in [0.25, 0.3) is 0 Å². The monoisotopic (exact) mass is 219 g/mol. The lowest BCUT2D eigenvalue weighted by Gasteiger charge is -2.19. The van der Waals surface area contributed by atoms with Gasteiger partial charge in [-0.3, -0.25) is 0 Å². The molecule has 0 spiro atoms. The van der Waals surface area contributed by atoms with Gasteiger partial charge in [0.05, 0.1) is 0 Å². The standard InChI is InChI=1S/C10H12F3NO/c1-10(2,14)4-5-8(12)6(11)3-7(15)9(5)13/h3,15H,4,14H2,1-2H3. The molecule has 2 nitrogen and oxygen atoms in total. The van der Waals surface area contributed by atoms with Crippen LogP contribution in [0.4, 0.5) is 13.2 Å². The minimum absolute atomic E-state index is 0.198. The summed E-state index contributed by atoms with van der Waals surface area (Å²) >= 11 is 0. The molecule has 0 aliphatic rings. The van der Waals surface area contributed by atoms with Gasteiger partial charge in [0, 0.05) is 17.2 Å². The maximum absolute atomic E-state index is 13.3. The van der Waals surface area contributed by atoms with E-state index in [0.717, 1.165) is 0 Å². The lowest BCUT2D eigenvalue weighted by atomic mass is 9.95. The van der Waals surface area contributed by atoms with Crippen LogP contribution in [0.15, 0.2) is 6.07 Å². The fourth-order valence-corrected chi connectivity index (χ4v) is 1.25. The van der Waals surface area contributed by atoms with E-state index in [9.17, 15) is 13.2 Å². The second kappa shape index (κ2) is 3.73. The van der Waals surface area contributed by atoms with Crippen molar-refractivity contribution in [2.75, 3.05) is 0 Å². The van der Waals surface area contributed by atoms with Crippen LogP contribution in [-0.2, 0) is 6.42 Å². The molecule has 0 saturated heterocycles. The first kappa shape index (κ1) is 11.8. The van der Waals surface area contributed by atoms with Crippen LogP contribution in [0.5, 0.6) is 5.75 Å². The van der Waals surface area contributed by atoms with Gasteiger partial charge in [-0.1, -0.05) is 0 Å². The van der Waals surface area contributed by atoms with Crippen molar-refractivity contribution in [1.82, 2.24) is 0 Å². The first-order valence-corrected chi connectivity index (χ1v) is 4.36. The Morgan fingerprint density at radius 3 is 2.27 bits per heavy atom. The molecule has 0 heterocycles. The Morgan fingerprint density at radius 2 is 1.80 bits per heavy atom. The van der Waals surface area contributed by atoms with Gasteiger partial charge in [-0.15, -0.1) is 0 Å². The van der Waals surface area contributed by atoms with Gasteiger partial charge in [0.2, 0.25) is 0 Å². The van der Waals surface area contributed by atoms with Crippen LogP contribution < -0.4 is 5.73 Å². The molecule has 0 atom stereocenters. The van der Waals surface area contributed by atoms with E-state index in [2.05, 4.69) is 0 Å². The first-order valence-electron chi connectivity index (χ1n) is 4.36. The van der Waals surface area contributed by atoms with Gasteiger partial charge >= 0.3 is 0 Å². The van der Waals surface area contributed by atoms with E-state index >= 15 is 0 Å². The Bertz CT molecular complexity index is 359. The summed E-state index contributed by atoms with van der Waals surface area (Å²) in [6, 6.07) is 0.400. The molecule has 0 aromatic heterocycles. The molecule has 15 heavy (non-hydrogen) atoms. The quantitative estimate of drug-likeness (QED) is 0.748. The summed E-state index contributed by atoms with van der Waals surface area (Å²) in [7, 11) is 0. The van der Waals surface area contributed by atoms with Crippen LogP contribution in [0, 0.1) is 17.5 Å². The highest BCUT2D eigenvalue weighted by Gasteiger charge is 2.23. The zero-order chi connectivity index (χ0) is 11.8. The first-order chi connectivity index (χ1) is 6.72. The number of halogens is 3. The Balaban J connectivity index is 3.27. The third kappa shape index (κ3) is 2.62. The summed E-state index contributed by atoms with van der Waals surface area (Å²) in [5, 5.41) is 8.98. The number of benzene rings is 1. The van der Waals surface area contributed by atoms with E-state index in [1.165, 1.54) is 0 Å². The molecule has 3 N–H and O–H groups in total. The van der Waals surface area contributed by atoms with E-state index in [1.54, 1.807) is 13.8 Å². The topological polar surface area (TPSA) is 46.2 Å². The summed E-state index contributed by atoms with van der Waals surface area (Å²) in [5.41, 5.74) is 4.15. The predicted octanol–water partition coefficient (Wildman–Crippen LogP) is 2.09. The lowest BCUT2D eigenvalue weighted by molar-refractivity contribution is 0.393. The van der Waals surface area contributed by atoms with Crippen molar-refractivity contribution in [3.63, 3.8) is 0 Å². The maximum atomic E-state index is 13.3. The number of nitrogens with two attached hydrogens (primary N) is 1. The number of phenols is 1. The molecule has 0 radical (unpaired) electrons. The summed E-state index contributed by atoms with van der Waals surface area (Å²) in [4.78, 5) is 0. The van der Waals surface area contributed by atoms with Crippen molar-refractivity contribution in [3.05, 3.63) is 29.1 Å². The van der Waals surface area contributed by atoms with E-state index in [4.69, 9.17) is 10.8 Å². The number of aromatic hydroxyl groups is 1. The van der Waals surface area contributed by atoms with Crippen LogP contribution in [0.2, 0.25) is 0 Å². The summed E-state index contributed by atoms with van der Waals surface area (Å²) in [5.74, 6) is -4.66. The minimum atomic E-state index is -1.30. The summed E-state index contributed by atoms with van der Waals surface area (Å²) < 4.78 is 39.3. The van der Waals surface area contributed by atoms with Gasteiger partial charge in [0.25, 0.3) is 0 Å². The normalized spacial score (nSPS) is 11.9. The van der Waals surface area contributed by atoms with Crippen molar-refractivity contribution in [2.24, 2.45) is 5.73 Å². The van der Waals surface area contributed by atoms with Gasteiger partial charge in [-0.2, -0.15) is 0 Å². The lowest BCUT2D eigenvalue weighted by Crippen LogP contribution is -2.35. The third-order valence-corrected chi connectivity index (χ3v) is 1.86. The Kier molecular flexibility index (Phi) is 2.95. The molecule has 1 aromatic rings. The Labute approximate surface area is 85.5 Å². The highest BCUT2D eigenvalue weighted by Crippen LogP contribution is 2.27. The Morgan fingerprint density at radius 1 is 1.27 bits per heavy atom. The number of rotatable bonds is 2. The third-order valence-electron chi connectivity index (χ3n) is 1.86. The van der Waals surface area contributed by atoms with Crippen LogP contribution in [0.3, 0.4) is 0 Å². The average Bonchev–Trinajstić information content (AvgIpc) is 2.08. The van der Waals surface area contributed by atoms with Crippen LogP contribution >= 0.6 is 0 Å². The van der Waals surface area contributed by atoms with Crippen LogP contribution in [0.1, 0.15) is 19.4 Å². The Hall–Kier alpha value is -1.23. The van der Waals surface area contributed by atoms with Crippen LogP contribution in [-0.4, -0.2) is 10.6 Å². The second-order valence-electron chi connectivity index (χ2n) is 4.15. The number of hydrogen-bond acceptors (Lipinski definition) is 2. The zero-order valence-corrected chi connectivity index (χ0v) is 8.44. The molecule has 0 aliphatic heterocycles. The molecule has 0 bridgehead atoms. The van der Waals surface area contributed by atoms with Gasteiger partial charge in [0.1, 0.15) is 0 Å². The fourth-order valence-electron chi connectivity index (χ4n) is 1.25. The summed E-state index contributed by atoms with van der Waals surface area (Å²) in [6.07, 6.45) is -0.198. The molecule has 1 rings (SSSR count). The molecule has 0 saturated carbocycles. The average molecular weight is 219 g/mol. The highest BCUT2D eigenvalue weighted by molar-refractivity contribution is 5.33. The molecule has 84 valence electrons. The van der Waals surface area contributed by atoms with E-state index in [1.807, 2.05) is 0 Å². The zero-order valence-electron chi connectivity index (χ0n) is 8.44. The van der Waals surface area contributed by atoms with Gasteiger partial charge in [-0.25, -0.2) is 13.2 Å². The van der Waals surface area contributed by atoms with Crippen molar-refractivity contribution >= 4 is 0 Å². The smallest absolute Gasteiger partial charge is 0.171 e. The maximum Gasteiger partial charge on any atom is 0.171 e. The highest BCUT2D eigenvalue weighted by atomic mass is 19.2. The van der Waals surface area contributed by atoms with Gasteiger partial charge in [0.15, 0.2) is 23.2 Å². The molecule has 0 amide bonds. The molecule has 1 aromatic carbocycles. The second-order valence-corrected chi connectivity index (χ2v) is 4.15. The van der Waals surface area contributed by atoms with Gasteiger partial charge in [-0.05, 0) is 20.3 Å². The van der Waals surface area contributed by atoms with Crippen molar-refractivity contribution in [2.45, 2.75) is 25.8 Å². The molecule has 0 unspecified atom stereocenters. The van der Waals surface area contributed by atoms with Crippen molar-refractivity contribution in [1.29, 1.82) is 0 Å². The van der Waals surface area contributed by atoms with Gasteiger partial charge < -0.3 is 10.8 Å².